The van der Waals surface area contributed by atoms with Crippen LogP contribution in [-0.2, 0) is 9.53 Å². The number of likely N-dealkylation sites (tertiary alicyclic amines) is 1. The fourth-order valence-electron chi connectivity index (χ4n) is 2.89. The van der Waals surface area contributed by atoms with E-state index < -0.39 is 0 Å². The van der Waals surface area contributed by atoms with Crippen LogP contribution in [0.4, 0.5) is 0 Å². The fourth-order valence-corrected chi connectivity index (χ4v) is 3.15. The van der Waals surface area contributed by atoms with Gasteiger partial charge in [0.15, 0.2) is 0 Å². The third-order valence-electron chi connectivity index (χ3n) is 4.16. The molecule has 0 saturated carbocycles. The van der Waals surface area contributed by atoms with Crippen molar-refractivity contribution in [2.24, 2.45) is 5.92 Å². The summed E-state index contributed by atoms with van der Waals surface area (Å²) >= 11 is 3.46. The second-order valence-electron chi connectivity index (χ2n) is 6.59. The smallest absolute Gasteiger partial charge is 0.310 e. The molecule has 0 aliphatic carbocycles. The van der Waals surface area contributed by atoms with Crippen LogP contribution in [0.1, 0.15) is 39.2 Å². The van der Waals surface area contributed by atoms with Gasteiger partial charge in [0, 0.05) is 29.0 Å². The molecule has 2 unspecified atom stereocenters. The highest BCUT2D eigenvalue weighted by Gasteiger charge is 2.42. The van der Waals surface area contributed by atoms with Crippen LogP contribution in [0.5, 0.6) is 0 Å². The second kappa shape index (κ2) is 6.49. The number of nitrogens with zero attached hydrogens (tertiary/aromatic N) is 1. The van der Waals surface area contributed by atoms with Crippen LogP contribution in [0.15, 0.2) is 28.7 Å². The monoisotopic (exact) mass is 353 g/mol. The van der Waals surface area contributed by atoms with Crippen molar-refractivity contribution in [2.45, 2.75) is 39.2 Å². The fraction of sp³-hybridized carbons (Fsp3) is 0.588. The number of carbonyl (C=O) groups is 1. The zero-order chi connectivity index (χ0) is 15.6. The SMILES string of the molecule is CCOC(=O)C1CN(C(C)(C)C)CC1c1ccc(Br)cc1. The first-order valence-corrected chi connectivity index (χ1v) is 8.29. The Morgan fingerprint density at radius 1 is 1.29 bits per heavy atom. The van der Waals surface area contributed by atoms with Crippen molar-refractivity contribution in [3.05, 3.63) is 34.3 Å². The molecule has 2 atom stereocenters. The molecule has 1 aliphatic heterocycles. The number of benzene rings is 1. The van der Waals surface area contributed by atoms with E-state index in [0.29, 0.717) is 6.61 Å². The van der Waals surface area contributed by atoms with E-state index in [0.717, 1.165) is 17.6 Å². The lowest BCUT2D eigenvalue weighted by atomic mass is 9.89. The molecule has 1 aromatic rings. The van der Waals surface area contributed by atoms with Gasteiger partial charge in [-0.1, -0.05) is 28.1 Å². The van der Waals surface area contributed by atoms with Gasteiger partial charge in [-0.25, -0.2) is 0 Å². The van der Waals surface area contributed by atoms with Crippen LogP contribution >= 0.6 is 15.9 Å². The van der Waals surface area contributed by atoms with Crippen molar-refractivity contribution in [1.29, 1.82) is 0 Å². The molecule has 0 radical (unpaired) electrons. The summed E-state index contributed by atoms with van der Waals surface area (Å²) < 4.78 is 6.35. The normalized spacial score (nSPS) is 23.3. The third kappa shape index (κ3) is 3.86. The highest BCUT2D eigenvalue weighted by atomic mass is 79.9. The van der Waals surface area contributed by atoms with E-state index in [1.807, 2.05) is 19.1 Å². The highest BCUT2D eigenvalue weighted by Crippen LogP contribution is 2.37. The van der Waals surface area contributed by atoms with Gasteiger partial charge in [-0.3, -0.25) is 9.69 Å². The Morgan fingerprint density at radius 2 is 1.90 bits per heavy atom. The Labute approximate surface area is 135 Å². The average Bonchev–Trinajstić information content (AvgIpc) is 2.85. The van der Waals surface area contributed by atoms with Gasteiger partial charge in [0.2, 0.25) is 0 Å². The van der Waals surface area contributed by atoms with Crippen LogP contribution in [0.3, 0.4) is 0 Å². The highest BCUT2D eigenvalue weighted by molar-refractivity contribution is 9.10. The minimum absolute atomic E-state index is 0.0643. The van der Waals surface area contributed by atoms with Gasteiger partial charge in [-0.2, -0.15) is 0 Å². The van der Waals surface area contributed by atoms with Gasteiger partial charge in [0.05, 0.1) is 12.5 Å². The zero-order valence-corrected chi connectivity index (χ0v) is 14.8. The maximum absolute atomic E-state index is 12.3. The van der Waals surface area contributed by atoms with E-state index in [1.165, 1.54) is 5.56 Å². The average molecular weight is 354 g/mol. The predicted molar refractivity (Wildman–Crippen MR) is 88.3 cm³/mol. The zero-order valence-electron chi connectivity index (χ0n) is 13.2. The number of rotatable bonds is 3. The maximum atomic E-state index is 12.3. The Kier molecular flexibility index (Phi) is 5.10. The van der Waals surface area contributed by atoms with Crippen LogP contribution in [0.2, 0.25) is 0 Å². The predicted octanol–water partition coefficient (Wildman–Crippen LogP) is 3.83. The largest absolute Gasteiger partial charge is 0.466 e. The maximum Gasteiger partial charge on any atom is 0.310 e. The van der Waals surface area contributed by atoms with E-state index in [9.17, 15) is 4.79 Å². The van der Waals surface area contributed by atoms with Crippen molar-refractivity contribution in [2.75, 3.05) is 19.7 Å². The number of ether oxygens (including phenoxy) is 1. The summed E-state index contributed by atoms with van der Waals surface area (Å²) in [5, 5.41) is 0. The molecule has 2 rings (SSSR count). The molecule has 4 heteroatoms. The summed E-state index contributed by atoms with van der Waals surface area (Å²) in [7, 11) is 0. The molecule has 1 fully saturated rings. The van der Waals surface area contributed by atoms with E-state index in [-0.39, 0.29) is 23.3 Å². The van der Waals surface area contributed by atoms with E-state index in [4.69, 9.17) is 4.74 Å². The summed E-state index contributed by atoms with van der Waals surface area (Å²) in [6, 6.07) is 8.29. The van der Waals surface area contributed by atoms with Crippen LogP contribution in [-0.4, -0.2) is 36.1 Å². The molecule has 0 N–H and O–H groups in total. The molecule has 1 saturated heterocycles. The van der Waals surface area contributed by atoms with Gasteiger partial charge < -0.3 is 4.74 Å². The molecule has 3 nitrogen and oxygen atoms in total. The molecule has 0 aromatic heterocycles. The Bertz CT molecular complexity index is 493. The summed E-state index contributed by atoms with van der Waals surface area (Å²) in [6.07, 6.45) is 0. The molecule has 1 aromatic carbocycles. The van der Waals surface area contributed by atoms with Crippen LogP contribution in [0.25, 0.3) is 0 Å². The number of hydrogen-bond acceptors (Lipinski definition) is 3. The first kappa shape index (κ1) is 16.5. The molecule has 1 aliphatic rings. The molecule has 116 valence electrons. The molecule has 21 heavy (non-hydrogen) atoms. The summed E-state index contributed by atoms with van der Waals surface area (Å²) in [5.74, 6) is 0.0545. The first-order valence-electron chi connectivity index (χ1n) is 7.50. The van der Waals surface area contributed by atoms with Crippen molar-refractivity contribution in [1.82, 2.24) is 4.90 Å². The van der Waals surface area contributed by atoms with Gasteiger partial charge in [-0.15, -0.1) is 0 Å². The number of halogens is 1. The van der Waals surface area contributed by atoms with Gasteiger partial charge in [0.25, 0.3) is 0 Å². The topological polar surface area (TPSA) is 29.5 Å². The van der Waals surface area contributed by atoms with Gasteiger partial charge >= 0.3 is 5.97 Å². The molecule has 0 bridgehead atoms. The Morgan fingerprint density at radius 3 is 2.43 bits per heavy atom. The molecular formula is C17H24BrNO2. The molecule has 0 amide bonds. The quantitative estimate of drug-likeness (QED) is 0.773. The number of esters is 1. The standard InChI is InChI=1S/C17H24BrNO2/c1-5-21-16(20)15-11-19(17(2,3)4)10-14(15)12-6-8-13(18)9-7-12/h6-9,14-15H,5,10-11H2,1-4H3. The lowest BCUT2D eigenvalue weighted by Gasteiger charge is -2.31. The second-order valence-corrected chi connectivity index (χ2v) is 7.51. The van der Waals surface area contributed by atoms with Crippen molar-refractivity contribution in [3.63, 3.8) is 0 Å². The summed E-state index contributed by atoms with van der Waals surface area (Å²) in [5.41, 5.74) is 1.28. The molecular weight excluding hydrogens is 330 g/mol. The van der Waals surface area contributed by atoms with Crippen molar-refractivity contribution >= 4 is 21.9 Å². The van der Waals surface area contributed by atoms with Gasteiger partial charge in [-0.05, 0) is 45.4 Å². The van der Waals surface area contributed by atoms with E-state index in [2.05, 4.69) is 53.7 Å². The van der Waals surface area contributed by atoms with E-state index >= 15 is 0 Å². The van der Waals surface area contributed by atoms with Crippen LogP contribution in [0, 0.1) is 5.92 Å². The first-order chi connectivity index (χ1) is 9.82. The van der Waals surface area contributed by atoms with Crippen molar-refractivity contribution < 1.29 is 9.53 Å². The third-order valence-corrected chi connectivity index (χ3v) is 4.68. The Balaban J connectivity index is 2.26. The van der Waals surface area contributed by atoms with Gasteiger partial charge in [0.1, 0.15) is 0 Å². The number of hydrogen-bond donors (Lipinski definition) is 0. The molecule has 1 heterocycles. The lowest BCUT2D eigenvalue weighted by molar-refractivity contribution is -0.148. The van der Waals surface area contributed by atoms with Crippen LogP contribution < -0.4 is 0 Å². The molecule has 0 spiro atoms. The Hall–Kier alpha value is -0.870. The van der Waals surface area contributed by atoms with Crippen molar-refractivity contribution in [3.8, 4) is 0 Å². The summed E-state index contributed by atoms with van der Waals surface area (Å²) in [6.45, 7) is 10.6. The summed E-state index contributed by atoms with van der Waals surface area (Å²) in [4.78, 5) is 14.7. The minimum atomic E-state index is -0.0784. The minimum Gasteiger partial charge on any atom is -0.466 e. The number of carbonyl (C=O) groups excluding carboxylic acids is 1. The van der Waals surface area contributed by atoms with E-state index in [1.54, 1.807) is 0 Å². The lowest BCUT2D eigenvalue weighted by Crippen LogP contribution is -2.40.